The zero-order chi connectivity index (χ0) is 12.1. The number of imidazole rings is 1. The molecule has 0 fully saturated rings. The van der Waals surface area contributed by atoms with Gasteiger partial charge in [0.25, 0.3) is 0 Å². The second kappa shape index (κ2) is 5.63. The van der Waals surface area contributed by atoms with Crippen molar-refractivity contribution in [1.29, 1.82) is 0 Å². The highest BCUT2D eigenvalue weighted by Gasteiger charge is 2.06. The second-order valence-electron chi connectivity index (χ2n) is 4.08. The van der Waals surface area contributed by atoms with Crippen molar-refractivity contribution in [2.75, 3.05) is 13.1 Å². The number of aryl methyl sites for hydroxylation is 2. The third kappa shape index (κ3) is 2.94. The van der Waals surface area contributed by atoms with Crippen molar-refractivity contribution in [2.45, 2.75) is 19.9 Å². The molecule has 92 valence electrons. The Kier molecular flexibility index (Phi) is 3.93. The molecule has 0 aliphatic heterocycles. The molecule has 0 saturated carbocycles. The van der Waals surface area contributed by atoms with Crippen LogP contribution in [-0.2, 0) is 13.6 Å². The Balaban J connectivity index is 2.02. The maximum atomic E-state index is 4.21. The monoisotopic (exact) mass is 233 g/mol. The summed E-state index contributed by atoms with van der Waals surface area (Å²) in [5.74, 6) is 0. The fourth-order valence-electron chi connectivity index (χ4n) is 1.84. The molecule has 0 amide bonds. The van der Waals surface area contributed by atoms with Gasteiger partial charge in [0.05, 0.1) is 24.4 Å². The van der Waals surface area contributed by atoms with Crippen LogP contribution < -0.4 is 5.32 Å². The average Bonchev–Trinajstić information content (AvgIpc) is 2.93. The molecular weight excluding hydrogens is 214 g/mol. The topological polar surface area (TPSA) is 47.7 Å². The summed E-state index contributed by atoms with van der Waals surface area (Å²) >= 11 is 0. The maximum absolute atomic E-state index is 4.21. The molecule has 17 heavy (non-hydrogen) atoms. The maximum Gasteiger partial charge on any atom is 0.0950 e. The average molecular weight is 233 g/mol. The van der Waals surface area contributed by atoms with Gasteiger partial charge in [-0.3, -0.25) is 4.68 Å². The van der Waals surface area contributed by atoms with Crippen molar-refractivity contribution in [3.8, 4) is 11.3 Å². The summed E-state index contributed by atoms with van der Waals surface area (Å²) < 4.78 is 3.99. The van der Waals surface area contributed by atoms with Gasteiger partial charge in [0.15, 0.2) is 0 Å². The van der Waals surface area contributed by atoms with Gasteiger partial charge in [0.2, 0.25) is 0 Å². The van der Waals surface area contributed by atoms with Gasteiger partial charge in [-0.25, -0.2) is 4.98 Å². The zero-order valence-corrected chi connectivity index (χ0v) is 10.4. The predicted octanol–water partition coefficient (Wildman–Crippen LogP) is 1.28. The van der Waals surface area contributed by atoms with Crippen LogP contribution in [0.15, 0.2) is 24.9 Å². The summed E-state index contributed by atoms with van der Waals surface area (Å²) in [6.07, 6.45) is 8.77. The van der Waals surface area contributed by atoms with E-state index in [0.29, 0.717) is 0 Å². The van der Waals surface area contributed by atoms with E-state index in [2.05, 4.69) is 26.9 Å². The van der Waals surface area contributed by atoms with E-state index in [4.69, 9.17) is 0 Å². The van der Waals surface area contributed by atoms with E-state index in [-0.39, 0.29) is 0 Å². The highest BCUT2D eigenvalue weighted by molar-refractivity contribution is 5.56. The standard InChI is InChI=1S/C12H19N5/c1-3-13-5-4-6-17-10-14-8-12(17)11-7-15-16(2)9-11/h7-10,13H,3-6H2,1-2H3. The molecule has 5 heteroatoms. The third-order valence-electron chi connectivity index (χ3n) is 2.72. The Hall–Kier alpha value is -1.62. The molecule has 0 aromatic carbocycles. The van der Waals surface area contributed by atoms with E-state index >= 15 is 0 Å². The molecule has 0 unspecified atom stereocenters. The van der Waals surface area contributed by atoms with Gasteiger partial charge in [-0.05, 0) is 19.5 Å². The van der Waals surface area contributed by atoms with Gasteiger partial charge < -0.3 is 9.88 Å². The SMILES string of the molecule is CCNCCCn1cncc1-c1cnn(C)c1. The fourth-order valence-corrected chi connectivity index (χ4v) is 1.84. The van der Waals surface area contributed by atoms with Crippen LogP contribution in [0.2, 0.25) is 0 Å². The zero-order valence-electron chi connectivity index (χ0n) is 10.4. The highest BCUT2D eigenvalue weighted by Crippen LogP contribution is 2.17. The first-order valence-electron chi connectivity index (χ1n) is 6.01. The summed E-state index contributed by atoms with van der Waals surface area (Å²) in [6, 6.07) is 0. The molecule has 1 N–H and O–H groups in total. The Morgan fingerprint density at radius 2 is 2.24 bits per heavy atom. The van der Waals surface area contributed by atoms with Crippen LogP contribution in [0.25, 0.3) is 11.3 Å². The lowest BCUT2D eigenvalue weighted by Crippen LogP contribution is -2.16. The lowest BCUT2D eigenvalue weighted by atomic mass is 10.2. The number of rotatable bonds is 6. The number of hydrogen-bond donors (Lipinski definition) is 1. The summed E-state index contributed by atoms with van der Waals surface area (Å²) in [6.45, 7) is 5.18. The Bertz CT molecular complexity index is 457. The number of aromatic nitrogens is 4. The molecule has 0 aliphatic rings. The van der Waals surface area contributed by atoms with Crippen LogP contribution in [0.4, 0.5) is 0 Å². The predicted molar refractivity (Wildman–Crippen MR) is 67.6 cm³/mol. The van der Waals surface area contributed by atoms with E-state index < -0.39 is 0 Å². The van der Waals surface area contributed by atoms with Gasteiger partial charge in [-0.1, -0.05) is 6.92 Å². The van der Waals surface area contributed by atoms with Gasteiger partial charge in [-0.2, -0.15) is 5.10 Å². The van der Waals surface area contributed by atoms with Crippen LogP contribution in [0.5, 0.6) is 0 Å². The van der Waals surface area contributed by atoms with Gasteiger partial charge in [0, 0.05) is 25.4 Å². The lowest BCUT2D eigenvalue weighted by molar-refractivity contribution is 0.595. The molecule has 2 heterocycles. The van der Waals surface area contributed by atoms with Crippen molar-refractivity contribution in [3.63, 3.8) is 0 Å². The molecule has 5 nitrogen and oxygen atoms in total. The lowest BCUT2D eigenvalue weighted by Gasteiger charge is -2.06. The first-order chi connectivity index (χ1) is 8.31. The smallest absolute Gasteiger partial charge is 0.0950 e. The minimum Gasteiger partial charge on any atom is -0.330 e. The van der Waals surface area contributed by atoms with Gasteiger partial charge in [0.1, 0.15) is 0 Å². The van der Waals surface area contributed by atoms with E-state index in [9.17, 15) is 0 Å². The first kappa shape index (κ1) is 11.9. The van der Waals surface area contributed by atoms with Gasteiger partial charge in [-0.15, -0.1) is 0 Å². The van der Waals surface area contributed by atoms with E-state index in [1.165, 1.54) is 0 Å². The van der Waals surface area contributed by atoms with Crippen LogP contribution in [0, 0.1) is 0 Å². The van der Waals surface area contributed by atoms with Crippen LogP contribution >= 0.6 is 0 Å². The van der Waals surface area contributed by atoms with Crippen LogP contribution in [0.1, 0.15) is 13.3 Å². The van der Waals surface area contributed by atoms with E-state index in [1.54, 1.807) is 0 Å². The Morgan fingerprint density at radius 1 is 1.35 bits per heavy atom. The van der Waals surface area contributed by atoms with Crippen molar-refractivity contribution in [1.82, 2.24) is 24.6 Å². The fraction of sp³-hybridized carbons (Fsp3) is 0.500. The highest BCUT2D eigenvalue weighted by atomic mass is 15.2. The van der Waals surface area contributed by atoms with Crippen molar-refractivity contribution in [3.05, 3.63) is 24.9 Å². The van der Waals surface area contributed by atoms with Crippen LogP contribution in [0.3, 0.4) is 0 Å². The van der Waals surface area contributed by atoms with E-state index in [0.717, 1.165) is 37.3 Å². The second-order valence-corrected chi connectivity index (χ2v) is 4.08. The van der Waals surface area contributed by atoms with Crippen molar-refractivity contribution < 1.29 is 0 Å². The molecule has 0 bridgehead atoms. The number of nitrogens with zero attached hydrogens (tertiary/aromatic N) is 4. The normalized spacial score (nSPS) is 10.9. The molecule has 2 aromatic rings. The summed E-state index contributed by atoms with van der Waals surface area (Å²) in [5, 5.41) is 7.51. The largest absolute Gasteiger partial charge is 0.330 e. The molecule has 0 spiro atoms. The van der Waals surface area contributed by atoms with Crippen molar-refractivity contribution in [2.24, 2.45) is 7.05 Å². The number of nitrogens with one attached hydrogen (secondary N) is 1. The Labute approximate surface area is 101 Å². The summed E-state index contributed by atoms with van der Waals surface area (Å²) in [7, 11) is 1.93. The summed E-state index contributed by atoms with van der Waals surface area (Å²) in [4.78, 5) is 4.21. The minimum absolute atomic E-state index is 0.983. The molecule has 0 aliphatic carbocycles. The third-order valence-corrected chi connectivity index (χ3v) is 2.72. The minimum atomic E-state index is 0.983. The van der Waals surface area contributed by atoms with E-state index in [1.807, 2.05) is 36.6 Å². The molecule has 0 atom stereocenters. The molecule has 0 saturated heterocycles. The summed E-state index contributed by atoms with van der Waals surface area (Å²) in [5.41, 5.74) is 2.25. The first-order valence-corrected chi connectivity index (χ1v) is 6.01. The molecular formula is C12H19N5. The Morgan fingerprint density at radius 3 is 2.94 bits per heavy atom. The van der Waals surface area contributed by atoms with Crippen LogP contribution in [-0.4, -0.2) is 32.4 Å². The molecule has 0 radical (unpaired) electrons. The van der Waals surface area contributed by atoms with Gasteiger partial charge >= 0.3 is 0 Å². The van der Waals surface area contributed by atoms with Crippen molar-refractivity contribution >= 4 is 0 Å². The number of hydrogen-bond acceptors (Lipinski definition) is 3. The molecule has 2 aromatic heterocycles. The molecule has 2 rings (SSSR count). The quantitative estimate of drug-likeness (QED) is 0.765.